The minimum atomic E-state index is -0.174. The number of carbonyl (C=O) groups is 1. The summed E-state index contributed by atoms with van der Waals surface area (Å²) in [6, 6.07) is 19.7. The first kappa shape index (κ1) is 15.2. The molecule has 1 amide bonds. The number of carbonyl (C=O) groups excluding carboxylic acids is 1. The molecule has 2 unspecified atom stereocenters. The summed E-state index contributed by atoms with van der Waals surface area (Å²) in [5.41, 5.74) is 10.6. The zero-order valence-corrected chi connectivity index (χ0v) is 14.4. The standard InChI is InChI=1S/C21H20N4O/c26-21(23-22-16-7-3-1-4-8-16)19-18-14-11-12-15(13-14)20(18)25(24-19)17-9-5-2-6-10-17/h1-10,14-15,22H,11-13H2,(H,23,26). The largest absolute Gasteiger partial charge is 0.298 e. The van der Waals surface area contributed by atoms with E-state index in [0.29, 0.717) is 17.5 Å². The van der Waals surface area contributed by atoms with Gasteiger partial charge in [0.25, 0.3) is 5.91 Å². The molecule has 1 heterocycles. The number of anilines is 1. The predicted molar refractivity (Wildman–Crippen MR) is 100 cm³/mol. The maximum absolute atomic E-state index is 12.8. The fourth-order valence-corrected chi connectivity index (χ4v) is 4.37. The number of fused-ring (bicyclic) bond motifs is 5. The van der Waals surface area contributed by atoms with Crippen molar-refractivity contribution in [2.75, 3.05) is 5.43 Å². The third-order valence-electron chi connectivity index (χ3n) is 5.50. The van der Waals surface area contributed by atoms with Gasteiger partial charge in [0.15, 0.2) is 5.69 Å². The quantitative estimate of drug-likeness (QED) is 0.704. The van der Waals surface area contributed by atoms with Gasteiger partial charge in [0.2, 0.25) is 0 Å². The van der Waals surface area contributed by atoms with Crippen molar-refractivity contribution in [1.29, 1.82) is 0 Å². The van der Waals surface area contributed by atoms with E-state index in [9.17, 15) is 4.79 Å². The Kier molecular flexibility index (Phi) is 3.52. The molecule has 1 aromatic heterocycles. The highest BCUT2D eigenvalue weighted by Crippen LogP contribution is 2.54. The second-order valence-electron chi connectivity index (χ2n) is 7.05. The lowest BCUT2D eigenvalue weighted by Gasteiger charge is -2.14. The Morgan fingerprint density at radius 3 is 2.42 bits per heavy atom. The fraction of sp³-hybridized carbons (Fsp3) is 0.238. The molecular weight excluding hydrogens is 324 g/mol. The second-order valence-corrected chi connectivity index (χ2v) is 7.05. The zero-order chi connectivity index (χ0) is 17.5. The van der Waals surface area contributed by atoms with Gasteiger partial charge >= 0.3 is 0 Å². The third kappa shape index (κ3) is 2.39. The van der Waals surface area contributed by atoms with Crippen LogP contribution in [0.15, 0.2) is 60.7 Å². The molecule has 130 valence electrons. The van der Waals surface area contributed by atoms with Crippen molar-refractivity contribution in [2.24, 2.45) is 0 Å². The number of aromatic nitrogens is 2. The monoisotopic (exact) mass is 344 g/mol. The van der Waals surface area contributed by atoms with Crippen molar-refractivity contribution in [2.45, 2.75) is 31.1 Å². The summed E-state index contributed by atoms with van der Waals surface area (Å²) in [5.74, 6) is 0.809. The lowest BCUT2D eigenvalue weighted by molar-refractivity contribution is 0.0956. The Morgan fingerprint density at radius 2 is 1.65 bits per heavy atom. The van der Waals surface area contributed by atoms with Gasteiger partial charge in [-0.25, -0.2) is 4.68 Å². The van der Waals surface area contributed by atoms with E-state index in [1.165, 1.54) is 12.1 Å². The summed E-state index contributed by atoms with van der Waals surface area (Å²) in [5, 5.41) is 4.72. The summed E-state index contributed by atoms with van der Waals surface area (Å²) in [6.45, 7) is 0. The molecule has 0 aliphatic heterocycles. The van der Waals surface area contributed by atoms with Crippen molar-refractivity contribution in [3.05, 3.63) is 77.6 Å². The molecule has 26 heavy (non-hydrogen) atoms. The highest BCUT2D eigenvalue weighted by Gasteiger charge is 2.44. The number of para-hydroxylation sites is 2. The molecule has 2 aliphatic carbocycles. The molecule has 3 aromatic rings. The summed E-state index contributed by atoms with van der Waals surface area (Å²) < 4.78 is 1.98. The van der Waals surface area contributed by atoms with Crippen LogP contribution in [-0.4, -0.2) is 15.7 Å². The van der Waals surface area contributed by atoms with E-state index in [0.717, 1.165) is 29.8 Å². The van der Waals surface area contributed by atoms with Gasteiger partial charge in [0, 0.05) is 11.5 Å². The van der Waals surface area contributed by atoms with Crippen LogP contribution in [0.4, 0.5) is 5.69 Å². The predicted octanol–water partition coefficient (Wildman–Crippen LogP) is 3.99. The summed E-state index contributed by atoms with van der Waals surface area (Å²) >= 11 is 0. The number of nitrogens with one attached hydrogen (secondary N) is 2. The van der Waals surface area contributed by atoms with Gasteiger partial charge in [-0.1, -0.05) is 36.4 Å². The van der Waals surface area contributed by atoms with Crippen molar-refractivity contribution in [3.63, 3.8) is 0 Å². The lowest BCUT2D eigenvalue weighted by atomic mass is 9.95. The van der Waals surface area contributed by atoms with E-state index in [1.54, 1.807) is 0 Å². The number of hydrazine groups is 1. The molecule has 2 aliphatic rings. The number of benzene rings is 2. The fourth-order valence-electron chi connectivity index (χ4n) is 4.37. The van der Waals surface area contributed by atoms with Crippen molar-refractivity contribution in [1.82, 2.24) is 15.2 Å². The molecule has 2 atom stereocenters. The molecule has 0 spiro atoms. The Bertz CT molecular complexity index is 949. The molecule has 5 heteroatoms. The maximum atomic E-state index is 12.8. The van der Waals surface area contributed by atoms with E-state index in [2.05, 4.69) is 10.9 Å². The molecule has 1 fully saturated rings. The van der Waals surface area contributed by atoms with Gasteiger partial charge in [-0.05, 0) is 49.4 Å². The average molecular weight is 344 g/mol. The van der Waals surface area contributed by atoms with Crippen LogP contribution in [0.25, 0.3) is 5.69 Å². The van der Waals surface area contributed by atoms with Crippen LogP contribution in [0.2, 0.25) is 0 Å². The molecular formula is C21H20N4O. The van der Waals surface area contributed by atoms with Gasteiger partial charge in [-0.2, -0.15) is 5.10 Å². The molecule has 2 aromatic carbocycles. The molecule has 1 saturated carbocycles. The van der Waals surface area contributed by atoms with E-state index < -0.39 is 0 Å². The Labute approximate surface area is 152 Å². The van der Waals surface area contributed by atoms with Crippen molar-refractivity contribution in [3.8, 4) is 5.69 Å². The number of rotatable bonds is 4. The first-order valence-electron chi connectivity index (χ1n) is 9.11. The lowest BCUT2D eigenvalue weighted by Crippen LogP contribution is -2.30. The first-order chi connectivity index (χ1) is 12.8. The highest BCUT2D eigenvalue weighted by molar-refractivity contribution is 5.95. The minimum absolute atomic E-state index is 0.174. The van der Waals surface area contributed by atoms with Crippen molar-refractivity contribution < 1.29 is 4.79 Å². The number of amides is 1. The van der Waals surface area contributed by atoms with E-state index >= 15 is 0 Å². The average Bonchev–Trinajstić information content (AvgIpc) is 3.40. The summed E-state index contributed by atoms with van der Waals surface area (Å²) in [4.78, 5) is 12.8. The van der Waals surface area contributed by atoms with E-state index in [1.807, 2.05) is 65.3 Å². The Morgan fingerprint density at radius 1 is 0.962 bits per heavy atom. The second kappa shape index (κ2) is 6.02. The maximum Gasteiger partial charge on any atom is 0.290 e. The van der Waals surface area contributed by atoms with Crippen LogP contribution in [0.3, 0.4) is 0 Å². The number of hydrogen-bond acceptors (Lipinski definition) is 3. The summed E-state index contributed by atoms with van der Waals surface area (Å²) in [6.07, 6.45) is 3.50. The Balaban J connectivity index is 1.50. The number of nitrogens with zero attached hydrogens (tertiary/aromatic N) is 2. The van der Waals surface area contributed by atoms with Gasteiger partial charge in [0.1, 0.15) is 0 Å². The normalized spacial score (nSPS) is 20.0. The molecule has 2 N–H and O–H groups in total. The molecule has 5 rings (SSSR count). The molecule has 0 radical (unpaired) electrons. The highest BCUT2D eigenvalue weighted by atomic mass is 16.2. The van der Waals surface area contributed by atoms with Crippen LogP contribution in [0.5, 0.6) is 0 Å². The SMILES string of the molecule is O=C(NNc1ccccc1)c1nn(-c2ccccc2)c2c1C1CCC2C1. The summed E-state index contributed by atoms with van der Waals surface area (Å²) in [7, 11) is 0. The molecule has 0 saturated heterocycles. The minimum Gasteiger partial charge on any atom is -0.298 e. The van der Waals surface area contributed by atoms with Crippen LogP contribution in [0, 0.1) is 0 Å². The first-order valence-corrected chi connectivity index (χ1v) is 9.11. The smallest absolute Gasteiger partial charge is 0.290 e. The molecule has 2 bridgehead atoms. The third-order valence-corrected chi connectivity index (χ3v) is 5.50. The Hall–Kier alpha value is -3.08. The van der Waals surface area contributed by atoms with Gasteiger partial charge < -0.3 is 0 Å². The van der Waals surface area contributed by atoms with Crippen LogP contribution in [-0.2, 0) is 0 Å². The van der Waals surface area contributed by atoms with Crippen molar-refractivity contribution >= 4 is 11.6 Å². The van der Waals surface area contributed by atoms with E-state index in [-0.39, 0.29) is 5.91 Å². The molecule has 5 nitrogen and oxygen atoms in total. The van der Waals surface area contributed by atoms with E-state index in [4.69, 9.17) is 5.10 Å². The van der Waals surface area contributed by atoms with Gasteiger partial charge in [-0.15, -0.1) is 0 Å². The van der Waals surface area contributed by atoms with Crippen LogP contribution < -0.4 is 10.9 Å². The van der Waals surface area contributed by atoms with Crippen LogP contribution in [0.1, 0.15) is 52.8 Å². The zero-order valence-electron chi connectivity index (χ0n) is 14.4. The number of hydrogen-bond donors (Lipinski definition) is 2. The van der Waals surface area contributed by atoms with Gasteiger partial charge in [0.05, 0.1) is 17.1 Å². The van der Waals surface area contributed by atoms with Crippen LogP contribution >= 0.6 is 0 Å². The topological polar surface area (TPSA) is 59.0 Å². The van der Waals surface area contributed by atoms with Gasteiger partial charge in [-0.3, -0.25) is 15.6 Å².